The molecule has 2 aromatic rings. The smallest absolute Gasteiger partial charge is 0.153 e. The summed E-state index contributed by atoms with van der Waals surface area (Å²) in [6, 6.07) is 19.2. The second-order valence-electron chi connectivity index (χ2n) is 4.74. The van der Waals surface area contributed by atoms with Crippen LogP contribution in [0.3, 0.4) is 0 Å². The third-order valence-electron chi connectivity index (χ3n) is 3.03. The fourth-order valence-electron chi connectivity index (χ4n) is 1.92. The SMILES string of the molecule is O=S(=O)(CCNc1ccccc1)CCNc1ccccc1. The molecule has 0 aliphatic heterocycles. The fraction of sp³-hybridized carbons (Fsp3) is 0.250. The van der Waals surface area contributed by atoms with E-state index in [0.717, 1.165) is 11.4 Å². The molecule has 0 fully saturated rings. The highest BCUT2D eigenvalue weighted by molar-refractivity contribution is 7.91. The quantitative estimate of drug-likeness (QED) is 0.787. The van der Waals surface area contributed by atoms with Crippen LogP contribution >= 0.6 is 0 Å². The van der Waals surface area contributed by atoms with E-state index >= 15 is 0 Å². The number of para-hydroxylation sites is 2. The van der Waals surface area contributed by atoms with Gasteiger partial charge in [0.15, 0.2) is 9.84 Å². The van der Waals surface area contributed by atoms with Crippen LogP contribution in [0.15, 0.2) is 60.7 Å². The van der Waals surface area contributed by atoms with Crippen LogP contribution < -0.4 is 10.6 Å². The molecule has 0 unspecified atom stereocenters. The zero-order chi connectivity index (χ0) is 15.0. The molecule has 2 rings (SSSR count). The van der Waals surface area contributed by atoms with Crippen LogP contribution in [0.5, 0.6) is 0 Å². The monoisotopic (exact) mass is 304 g/mol. The first-order valence-electron chi connectivity index (χ1n) is 6.94. The van der Waals surface area contributed by atoms with E-state index in [1.165, 1.54) is 0 Å². The second kappa shape index (κ2) is 7.69. The molecule has 0 saturated heterocycles. The molecule has 21 heavy (non-hydrogen) atoms. The first-order valence-corrected chi connectivity index (χ1v) is 8.76. The van der Waals surface area contributed by atoms with Crippen molar-refractivity contribution in [2.75, 3.05) is 35.2 Å². The minimum absolute atomic E-state index is 0.137. The molecule has 2 aromatic carbocycles. The highest BCUT2D eigenvalue weighted by Crippen LogP contribution is 2.06. The summed E-state index contributed by atoms with van der Waals surface area (Å²) in [5.41, 5.74) is 1.88. The summed E-state index contributed by atoms with van der Waals surface area (Å²) < 4.78 is 23.9. The molecular formula is C16H20N2O2S. The van der Waals surface area contributed by atoms with Gasteiger partial charge in [-0.1, -0.05) is 36.4 Å². The Morgan fingerprint density at radius 3 is 1.43 bits per heavy atom. The first-order chi connectivity index (χ1) is 10.2. The zero-order valence-corrected chi connectivity index (χ0v) is 12.6. The van der Waals surface area contributed by atoms with E-state index in [2.05, 4.69) is 10.6 Å². The molecular weight excluding hydrogens is 284 g/mol. The van der Waals surface area contributed by atoms with Crippen molar-refractivity contribution < 1.29 is 8.42 Å². The molecule has 0 aliphatic carbocycles. The van der Waals surface area contributed by atoms with Crippen molar-refractivity contribution >= 4 is 21.2 Å². The van der Waals surface area contributed by atoms with Gasteiger partial charge in [0.05, 0.1) is 11.5 Å². The highest BCUT2D eigenvalue weighted by atomic mass is 32.2. The number of rotatable bonds is 8. The molecule has 0 bridgehead atoms. The second-order valence-corrected chi connectivity index (χ2v) is 7.04. The van der Waals surface area contributed by atoms with Gasteiger partial charge in [-0.25, -0.2) is 8.42 Å². The van der Waals surface area contributed by atoms with Crippen molar-refractivity contribution in [3.8, 4) is 0 Å². The summed E-state index contributed by atoms with van der Waals surface area (Å²) in [6.45, 7) is 0.857. The molecule has 0 atom stereocenters. The maximum Gasteiger partial charge on any atom is 0.153 e. The van der Waals surface area contributed by atoms with E-state index < -0.39 is 9.84 Å². The van der Waals surface area contributed by atoms with Crippen LogP contribution in [0.1, 0.15) is 0 Å². The van der Waals surface area contributed by atoms with E-state index in [1.807, 2.05) is 60.7 Å². The molecule has 0 aromatic heterocycles. The van der Waals surface area contributed by atoms with Crippen molar-refractivity contribution in [3.05, 3.63) is 60.7 Å². The Bertz CT molecular complexity index is 576. The first kappa shape index (κ1) is 15.4. The van der Waals surface area contributed by atoms with Crippen molar-refractivity contribution in [2.24, 2.45) is 0 Å². The van der Waals surface area contributed by atoms with Gasteiger partial charge < -0.3 is 10.6 Å². The van der Waals surface area contributed by atoms with Crippen LogP contribution in [-0.2, 0) is 9.84 Å². The Kier molecular flexibility index (Phi) is 5.63. The summed E-state index contributed by atoms with van der Waals surface area (Å²) in [7, 11) is -3.05. The van der Waals surface area contributed by atoms with Gasteiger partial charge in [-0.3, -0.25) is 0 Å². The third-order valence-corrected chi connectivity index (χ3v) is 4.68. The Labute approximate surface area is 126 Å². The van der Waals surface area contributed by atoms with E-state index in [4.69, 9.17) is 0 Å². The normalized spacial score (nSPS) is 11.0. The molecule has 0 spiro atoms. The van der Waals surface area contributed by atoms with Gasteiger partial charge in [-0.15, -0.1) is 0 Å². The molecule has 0 heterocycles. The minimum Gasteiger partial charge on any atom is -0.384 e. The standard InChI is InChI=1S/C16H20N2O2S/c19-21(20,13-11-17-15-7-3-1-4-8-15)14-12-18-16-9-5-2-6-10-16/h1-10,17-18H,11-14H2. The average molecular weight is 304 g/mol. The number of anilines is 2. The van der Waals surface area contributed by atoms with Gasteiger partial charge in [0, 0.05) is 24.5 Å². The molecule has 5 heteroatoms. The van der Waals surface area contributed by atoms with Gasteiger partial charge >= 0.3 is 0 Å². The minimum atomic E-state index is -3.05. The summed E-state index contributed by atoms with van der Waals surface area (Å²) in [5.74, 6) is 0.275. The lowest BCUT2D eigenvalue weighted by atomic mass is 10.3. The van der Waals surface area contributed by atoms with Gasteiger partial charge in [0.25, 0.3) is 0 Å². The maximum absolute atomic E-state index is 11.9. The highest BCUT2D eigenvalue weighted by Gasteiger charge is 2.09. The molecule has 4 nitrogen and oxygen atoms in total. The zero-order valence-electron chi connectivity index (χ0n) is 11.8. The van der Waals surface area contributed by atoms with E-state index in [1.54, 1.807) is 0 Å². The number of sulfone groups is 1. The molecule has 0 amide bonds. The van der Waals surface area contributed by atoms with Gasteiger partial charge in [-0.05, 0) is 24.3 Å². The van der Waals surface area contributed by atoms with Crippen LogP contribution in [0, 0.1) is 0 Å². The Morgan fingerprint density at radius 2 is 1.05 bits per heavy atom. The molecule has 0 saturated carbocycles. The van der Waals surface area contributed by atoms with Crippen molar-refractivity contribution in [1.29, 1.82) is 0 Å². The Hall–Kier alpha value is -2.01. The van der Waals surface area contributed by atoms with Crippen molar-refractivity contribution in [2.45, 2.75) is 0 Å². The Morgan fingerprint density at radius 1 is 0.667 bits per heavy atom. The summed E-state index contributed by atoms with van der Waals surface area (Å²) >= 11 is 0. The molecule has 2 N–H and O–H groups in total. The molecule has 112 valence electrons. The van der Waals surface area contributed by atoms with Crippen molar-refractivity contribution in [1.82, 2.24) is 0 Å². The lowest BCUT2D eigenvalue weighted by Gasteiger charge is -2.09. The predicted octanol–water partition coefficient (Wildman–Crippen LogP) is 2.63. The van der Waals surface area contributed by atoms with Gasteiger partial charge in [0.1, 0.15) is 0 Å². The van der Waals surface area contributed by atoms with E-state index in [-0.39, 0.29) is 11.5 Å². The van der Waals surface area contributed by atoms with Crippen LogP contribution in [0.25, 0.3) is 0 Å². The lowest BCUT2D eigenvalue weighted by Crippen LogP contribution is -2.22. The van der Waals surface area contributed by atoms with Crippen LogP contribution in [0.4, 0.5) is 11.4 Å². The molecule has 0 radical (unpaired) electrons. The summed E-state index contributed by atoms with van der Waals surface area (Å²) in [6.07, 6.45) is 0. The number of hydrogen-bond acceptors (Lipinski definition) is 4. The third kappa shape index (κ3) is 5.87. The van der Waals surface area contributed by atoms with Gasteiger partial charge in [-0.2, -0.15) is 0 Å². The average Bonchev–Trinajstić information content (AvgIpc) is 2.49. The van der Waals surface area contributed by atoms with Crippen molar-refractivity contribution in [3.63, 3.8) is 0 Å². The van der Waals surface area contributed by atoms with Gasteiger partial charge in [0.2, 0.25) is 0 Å². The lowest BCUT2D eigenvalue weighted by molar-refractivity contribution is 0.597. The summed E-state index contributed by atoms with van der Waals surface area (Å²) in [5, 5.41) is 6.22. The number of benzene rings is 2. The number of nitrogens with one attached hydrogen (secondary N) is 2. The maximum atomic E-state index is 11.9. The largest absolute Gasteiger partial charge is 0.384 e. The molecule has 0 aliphatic rings. The van der Waals surface area contributed by atoms with E-state index in [9.17, 15) is 8.42 Å². The van der Waals surface area contributed by atoms with Crippen LogP contribution in [-0.4, -0.2) is 33.0 Å². The Balaban J connectivity index is 1.70. The summed E-state index contributed by atoms with van der Waals surface area (Å²) in [4.78, 5) is 0. The number of hydrogen-bond donors (Lipinski definition) is 2. The van der Waals surface area contributed by atoms with Crippen LogP contribution in [0.2, 0.25) is 0 Å². The fourth-order valence-corrected chi connectivity index (χ4v) is 2.95. The topological polar surface area (TPSA) is 58.2 Å². The predicted molar refractivity (Wildman–Crippen MR) is 88.5 cm³/mol. The van der Waals surface area contributed by atoms with E-state index in [0.29, 0.717) is 13.1 Å².